The van der Waals surface area contributed by atoms with Crippen molar-refractivity contribution < 1.29 is 9.13 Å². The molecule has 0 aliphatic carbocycles. The molecule has 112 valence electrons. The summed E-state index contributed by atoms with van der Waals surface area (Å²) in [5, 5.41) is 3.55. The van der Waals surface area contributed by atoms with Gasteiger partial charge in [-0.15, -0.1) is 0 Å². The molecule has 21 heavy (non-hydrogen) atoms. The van der Waals surface area contributed by atoms with E-state index in [1.807, 2.05) is 18.2 Å². The zero-order valence-electron chi connectivity index (χ0n) is 11.6. The van der Waals surface area contributed by atoms with Crippen molar-refractivity contribution in [3.05, 3.63) is 57.3 Å². The molecule has 0 amide bonds. The van der Waals surface area contributed by atoms with Crippen molar-refractivity contribution in [1.29, 1.82) is 0 Å². The number of ether oxygens (including phenoxy) is 1. The van der Waals surface area contributed by atoms with Crippen molar-refractivity contribution in [2.24, 2.45) is 0 Å². The van der Waals surface area contributed by atoms with Crippen LogP contribution in [0.1, 0.15) is 18.9 Å². The third-order valence-electron chi connectivity index (χ3n) is 2.88. The molecule has 2 rings (SSSR count). The van der Waals surface area contributed by atoms with Crippen LogP contribution in [0, 0.1) is 5.82 Å². The average Bonchev–Trinajstić information content (AvgIpc) is 2.47. The van der Waals surface area contributed by atoms with Crippen LogP contribution in [-0.4, -0.2) is 6.61 Å². The Morgan fingerprint density at radius 3 is 2.81 bits per heavy atom. The number of benzene rings is 2. The highest BCUT2D eigenvalue weighted by Crippen LogP contribution is 2.26. The first kappa shape index (κ1) is 16.1. The Morgan fingerprint density at radius 1 is 1.24 bits per heavy atom. The fraction of sp³-hybridized carbons (Fsp3) is 0.250. The molecule has 0 aliphatic heterocycles. The van der Waals surface area contributed by atoms with Crippen molar-refractivity contribution in [1.82, 2.24) is 0 Å². The number of rotatable bonds is 6. The molecule has 0 fully saturated rings. The fourth-order valence-corrected chi connectivity index (χ4v) is 2.44. The van der Waals surface area contributed by atoms with E-state index in [-0.39, 0.29) is 5.82 Å². The Balaban J connectivity index is 2.14. The third kappa shape index (κ3) is 4.61. The molecule has 5 heteroatoms. The standard InChI is InChI=1S/C16H16BrClFNO/c1-2-7-21-16-6-3-12(17)8-11(16)10-20-15-9-13(18)4-5-14(15)19/h3-6,8-9,20H,2,7,10H2,1H3. The lowest BCUT2D eigenvalue weighted by Gasteiger charge is -2.13. The number of halogens is 3. The second-order valence-corrected chi connectivity index (χ2v) is 5.93. The molecule has 2 nitrogen and oxygen atoms in total. The maximum absolute atomic E-state index is 13.7. The van der Waals surface area contributed by atoms with Crippen LogP contribution in [0.25, 0.3) is 0 Å². The summed E-state index contributed by atoms with van der Waals surface area (Å²) < 4.78 is 20.3. The Bertz CT molecular complexity index is 621. The van der Waals surface area contributed by atoms with Gasteiger partial charge in [-0.1, -0.05) is 34.5 Å². The van der Waals surface area contributed by atoms with E-state index in [1.165, 1.54) is 12.1 Å². The lowest BCUT2D eigenvalue weighted by atomic mass is 10.2. The summed E-state index contributed by atoms with van der Waals surface area (Å²) in [6.45, 7) is 3.16. The molecule has 0 aromatic heterocycles. The summed E-state index contributed by atoms with van der Waals surface area (Å²) in [7, 11) is 0. The van der Waals surface area contributed by atoms with E-state index in [4.69, 9.17) is 16.3 Å². The highest BCUT2D eigenvalue weighted by molar-refractivity contribution is 9.10. The largest absolute Gasteiger partial charge is 0.493 e. The van der Waals surface area contributed by atoms with Gasteiger partial charge >= 0.3 is 0 Å². The molecule has 0 unspecified atom stereocenters. The van der Waals surface area contributed by atoms with E-state index in [1.54, 1.807) is 6.07 Å². The number of hydrogen-bond acceptors (Lipinski definition) is 2. The fourth-order valence-electron chi connectivity index (χ4n) is 1.86. The van der Waals surface area contributed by atoms with Crippen LogP contribution < -0.4 is 10.1 Å². The first-order valence-electron chi connectivity index (χ1n) is 6.70. The predicted molar refractivity (Wildman–Crippen MR) is 88.7 cm³/mol. The van der Waals surface area contributed by atoms with Crippen LogP contribution in [0.2, 0.25) is 5.02 Å². The van der Waals surface area contributed by atoms with Gasteiger partial charge in [0.2, 0.25) is 0 Å². The van der Waals surface area contributed by atoms with Crippen LogP contribution in [0.4, 0.5) is 10.1 Å². The minimum absolute atomic E-state index is 0.328. The average molecular weight is 373 g/mol. The van der Waals surface area contributed by atoms with Gasteiger partial charge in [0, 0.05) is 21.6 Å². The van der Waals surface area contributed by atoms with Gasteiger partial charge in [0.25, 0.3) is 0 Å². The number of nitrogens with one attached hydrogen (secondary N) is 1. The van der Waals surface area contributed by atoms with Gasteiger partial charge in [0.15, 0.2) is 0 Å². The monoisotopic (exact) mass is 371 g/mol. The van der Waals surface area contributed by atoms with Crippen LogP contribution in [-0.2, 0) is 6.54 Å². The topological polar surface area (TPSA) is 21.3 Å². The summed E-state index contributed by atoms with van der Waals surface area (Å²) in [5.41, 5.74) is 1.33. The summed E-state index contributed by atoms with van der Waals surface area (Å²) in [6, 6.07) is 10.2. The van der Waals surface area contributed by atoms with E-state index >= 15 is 0 Å². The molecule has 1 N–H and O–H groups in total. The van der Waals surface area contributed by atoms with Gasteiger partial charge in [-0.3, -0.25) is 0 Å². The first-order chi connectivity index (χ1) is 10.1. The van der Waals surface area contributed by atoms with Crippen molar-refractivity contribution in [2.45, 2.75) is 19.9 Å². The van der Waals surface area contributed by atoms with Gasteiger partial charge in [-0.05, 0) is 42.8 Å². The van der Waals surface area contributed by atoms with Crippen molar-refractivity contribution in [3.63, 3.8) is 0 Å². The van der Waals surface area contributed by atoms with E-state index in [0.717, 1.165) is 22.2 Å². The van der Waals surface area contributed by atoms with Gasteiger partial charge in [-0.2, -0.15) is 0 Å². The Hall–Kier alpha value is -1.26. The van der Waals surface area contributed by atoms with Crippen LogP contribution in [0.15, 0.2) is 40.9 Å². The third-order valence-corrected chi connectivity index (χ3v) is 3.61. The Kier molecular flexibility index (Phi) is 5.88. The maximum atomic E-state index is 13.7. The van der Waals surface area contributed by atoms with Gasteiger partial charge in [0.05, 0.1) is 12.3 Å². The van der Waals surface area contributed by atoms with Crippen molar-refractivity contribution in [2.75, 3.05) is 11.9 Å². The molecule has 0 atom stereocenters. The summed E-state index contributed by atoms with van der Waals surface area (Å²) in [5.74, 6) is 0.473. The predicted octanol–water partition coefficient (Wildman–Crippen LogP) is 5.64. The Labute approximate surface area is 137 Å². The van der Waals surface area contributed by atoms with Crippen molar-refractivity contribution >= 4 is 33.2 Å². The molecule has 0 heterocycles. The highest BCUT2D eigenvalue weighted by Gasteiger charge is 2.07. The second-order valence-electron chi connectivity index (χ2n) is 4.58. The summed E-state index contributed by atoms with van der Waals surface area (Å²) >= 11 is 9.32. The van der Waals surface area contributed by atoms with Gasteiger partial charge < -0.3 is 10.1 Å². The quantitative estimate of drug-likeness (QED) is 0.708. The van der Waals surface area contributed by atoms with E-state index < -0.39 is 0 Å². The highest BCUT2D eigenvalue weighted by atomic mass is 79.9. The molecule has 0 saturated heterocycles. The lowest BCUT2D eigenvalue weighted by molar-refractivity contribution is 0.314. The normalized spacial score (nSPS) is 10.5. The van der Waals surface area contributed by atoms with E-state index in [9.17, 15) is 4.39 Å². The van der Waals surface area contributed by atoms with Crippen LogP contribution in [0.5, 0.6) is 5.75 Å². The van der Waals surface area contributed by atoms with E-state index in [0.29, 0.717) is 23.9 Å². The molecule has 0 bridgehead atoms. The smallest absolute Gasteiger partial charge is 0.146 e. The molecule has 0 radical (unpaired) electrons. The molecular weight excluding hydrogens is 357 g/mol. The molecule has 2 aromatic carbocycles. The molecule has 0 saturated carbocycles. The van der Waals surface area contributed by atoms with E-state index in [2.05, 4.69) is 28.2 Å². The summed E-state index contributed by atoms with van der Waals surface area (Å²) in [4.78, 5) is 0. The summed E-state index contributed by atoms with van der Waals surface area (Å²) in [6.07, 6.45) is 0.936. The minimum Gasteiger partial charge on any atom is -0.493 e. The first-order valence-corrected chi connectivity index (χ1v) is 7.87. The van der Waals surface area contributed by atoms with Crippen LogP contribution >= 0.6 is 27.5 Å². The maximum Gasteiger partial charge on any atom is 0.146 e. The molecule has 2 aromatic rings. The van der Waals surface area contributed by atoms with Crippen LogP contribution in [0.3, 0.4) is 0 Å². The minimum atomic E-state index is -0.328. The Morgan fingerprint density at radius 2 is 2.05 bits per heavy atom. The SMILES string of the molecule is CCCOc1ccc(Br)cc1CNc1cc(Cl)ccc1F. The zero-order chi connectivity index (χ0) is 15.2. The lowest BCUT2D eigenvalue weighted by Crippen LogP contribution is -2.05. The second kappa shape index (κ2) is 7.66. The molecule has 0 aliphatic rings. The van der Waals surface area contributed by atoms with Gasteiger partial charge in [-0.25, -0.2) is 4.39 Å². The number of anilines is 1. The molecular formula is C16H16BrClFNO. The zero-order valence-corrected chi connectivity index (χ0v) is 14.0. The van der Waals surface area contributed by atoms with Gasteiger partial charge in [0.1, 0.15) is 11.6 Å². The molecule has 0 spiro atoms. The van der Waals surface area contributed by atoms with Crippen molar-refractivity contribution in [3.8, 4) is 5.75 Å². The number of hydrogen-bond donors (Lipinski definition) is 1.